The van der Waals surface area contributed by atoms with Crippen LogP contribution in [-0.2, 0) is 5.41 Å². The summed E-state index contributed by atoms with van der Waals surface area (Å²) in [6.07, 6.45) is 4.27. The Morgan fingerprint density at radius 2 is 1.65 bits per heavy atom. The van der Waals surface area contributed by atoms with E-state index in [1.807, 2.05) is 0 Å². The molecule has 4 heterocycles. The van der Waals surface area contributed by atoms with Crippen molar-refractivity contribution in [2.24, 2.45) is 0 Å². The van der Waals surface area contributed by atoms with Crippen LogP contribution in [0.15, 0.2) is 73.1 Å². The van der Waals surface area contributed by atoms with Crippen molar-refractivity contribution in [3.63, 3.8) is 0 Å². The van der Waals surface area contributed by atoms with Crippen molar-refractivity contribution in [1.29, 1.82) is 0 Å². The fourth-order valence-corrected chi connectivity index (χ4v) is 6.47. The number of hydrogen-bond donors (Lipinski definition) is 0. The molecule has 0 atom stereocenters. The summed E-state index contributed by atoms with van der Waals surface area (Å²) in [4.78, 5) is 15.7. The van der Waals surface area contributed by atoms with Gasteiger partial charge in [-0.3, -0.25) is 4.98 Å². The molecule has 0 aliphatic carbocycles. The lowest BCUT2D eigenvalue weighted by molar-refractivity contribution is 0.495. The predicted molar refractivity (Wildman–Crippen MR) is 157 cm³/mol. The summed E-state index contributed by atoms with van der Waals surface area (Å²) in [5, 5.41) is 2.47. The number of anilines is 1. The molecule has 0 fully saturated rings. The first-order valence-electron chi connectivity index (χ1n) is 12.7. The van der Waals surface area contributed by atoms with Crippen molar-refractivity contribution in [3.8, 4) is 11.3 Å². The molecule has 6 rings (SSSR count). The van der Waals surface area contributed by atoms with E-state index in [1.54, 1.807) is 11.3 Å². The maximum atomic E-state index is 5.31. The molecule has 0 radical (unpaired) electrons. The van der Waals surface area contributed by atoms with Gasteiger partial charge in [0.1, 0.15) is 4.83 Å². The zero-order chi connectivity index (χ0) is 25.9. The Kier molecular flexibility index (Phi) is 5.57. The van der Waals surface area contributed by atoms with Crippen molar-refractivity contribution in [1.82, 2.24) is 14.9 Å². The summed E-state index contributed by atoms with van der Waals surface area (Å²) in [5.74, 6) is 0. The highest BCUT2D eigenvalue weighted by Gasteiger charge is 2.27. The van der Waals surface area contributed by atoms with Crippen LogP contribution < -0.4 is 4.90 Å². The quantitative estimate of drug-likeness (QED) is 0.249. The highest BCUT2D eigenvalue weighted by Crippen LogP contribution is 2.40. The topological polar surface area (TPSA) is 32.3 Å². The highest BCUT2D eigenvalue weighted by molar-refractivity contribution is 7.26. The molecule has 4 nitrogen and oxygen atoms in total. The second kappa shape index (κ2) is 8.70. The van der Waals surface area contributed by atoms with Crippen LogP contribution in [0.5, 0.6) is 0 Å². The summed E-state index contributed by atoms with van der Waals surface area (Å²) in [6.45, 7) is 11.8. The Morgan fingerprint density at radius 3 is 2.43 bits per heavy atom. The Morgan fingerprint density at radius 1 is 0.838 bits per heavy atom. The minimum absolute atomic E-state index is 0.260. The van der Waals surface area contributed by atoms with Gasteiger partial charge in [-0.2, -0.15) is 0 Å². The maximum absolute atomic E-state index is 5.31. The zero-order valence-corrected chi connectivity index (χ0v) is 23.1. The first kappa shape index (κ1) is 23.7. The molecule has 37 heavy (non-hydrogen) atoms. The molecule has 5 heteroatoms. The van der Waals surface area contributed by atoms with Gasteiger partial charge in [-0.05, 0) is 73.9 Å². The fourth-order valence-electron chi connectivity index (χ4n) is 5.23. The Balaban J connectivity index is 1.47. The van der Waals surface area contributed by atoms with Gasteiger partial charge in [-0.15, -0.1) is 11.3 Å². The minimum atomic E-state index is -0.260. The summed E-state index contributed by atoms with van der Waals surface area (Å²) < 4.78 is 1.25. The number of aryl methyl sites for hydroxylation is 3. The van der Waals surface area contributed by atoms with Gasteiger partial charge in [0.2, 0.25) is 0 Å². The number of hydrogen-bond acceptors (Lipinski definition) is 5. The molecule has 5 aromatic rings. The van der Waals surface area contributed by atoms with Crippen LogP contribution in [0.1, 0.15) is 41.9 Å². The normalized spacial score (nSPS) is 13.9. The third-order valence-corrected chi connectivity index (χ3v) is 8.53. The van der Waals surface area contributed by atoms with Gasteiger partial charge in [-0.25, -0.2) is 4.98 Å². The smallest absolute Gasteiger partial charge is 0.124 e. The van der Waals surface area contributed by atoms with Crippen molar-refractivity contribution in [2.45, 2.75) is 40.0 Å². The fraction of sp³-hybridized carbons (Fsp3) is 0.250. The van der Waals surface area contributed by atoms with Crippen LogP contribution in [0, 0.1) is 20.8 Å². The third kappa shape index (κ3) is 4.17. The molecule has 0 saturated carbocycles. The van der Waals surface area contributed by atoms with Crippen LogP contribution in [0.25, 0.3) is 31.6 Å². The molecule has 0 unspecified atom stereocenters. The van der Waals surface area contributed by atoms with Gasteiger partial charge < -0.3 is 9.80 Å². The predicted octanol–water partition coefficient (Wildman–Crippen LogP) is 7.94. The van der Waals surface area contributed by atoms with Gasteiger partial charge in [0.05, 0.1) is 18.1 Å². The first-order chi connectivity index (χ1) is 17.7. The van der Waals surface area contributed by atoms with E-state index in [2.05, 4.69) is 125 Å². The standard InChI is InChI=1S/C32H32N4S/c1-20-14-23(18-24(15-20)36-13-12-35(6)19-36)32(4,5)29-17-21(2)16-28(34-29)27-9-7-8-25-26-11-10-22(3)33-31(26)37-30(25)27/h7-18H,19H2,1-6H3. The SMILES string of the molecule is Cc1cc(N2C=CN(C)C2)cc(C(C)(C)c2cc(C)cc(-c3cccc4c3sc3nc(C)ccc34)n2)c1. The largest absolute Gasteiger partial charge is 0.361 e. The monoisotopic (exact) mass is 504 g/mol. The molecule has 1 aliphatic heterocycles. The van der Waals surface area contributed by atoms with Crippen LogP contribution in [0.2, 0.25) is 0 Å². The number of nitrogens with zero attached hydrogens (tertiary/aromatic N) is 4. The van der Waals surface area contributed by atoms with Crippen molar-refractivity contribution < 1.29 is 0 Å². The summed E-state index contributed by atoms with van der Waals surface area (Å²) in [7, 11) is 2.10. The van der Waals surface area contributed by atoms with E-state index in [1.165, 1.54) is 43.4 Å². The summed E-state index contributed by atoms with van der Waals surface area (Å²) in [6, 6.07) is 22.2. The molecular formula is C32H32N4S. The van der Waals surface area contributed by atoms with E-state index in [0.29, 0.717) is 0 Å². The van der Waals surface area contributed by atoms with E-state index in [0.717, 1.165) is 28.6 Å². The Hall–Kier alpha value is -3.70. The molecule has 0 saturated heterocycles. The molecule has 0 amide bonds. The average molecular weight is 505 g/mol. The number of pyridine rings is 2. The second-order valence-electron chi connectivity index (χ2n) is 10.9. The molecule has 3 aromatic heterocycles. The molecule has 0 spiro atoms. The first-order valence-corrected chi connectivity index (χ1v) is 13.6. The van der Waals surface area contributed by atoms with Gasteiger partial charge in [0, 0.05) is 57.3 Å². The number of rotatable bonds is 4. The highest BCUT2D eigenvalue weighted by atomic mass is 32.1. The van der Waals surface area contributed by atoms with E-state index in [4.69, 9.17) is 9.97 Å². The summed E-state index contributed by atoms with van der Waals surface area (Å²) in [5.41, 5.74) is 9.04. The molecular weight excluding hydrogens is 472 g/mol. The molecule has 0 N–H and O–H groups in total. The van der Waals surface area contributed by atoms with Crippen LogP contribution >= 0.6 is 11.3 Å². The lowest BCUT2D eigenvalue weighted by Crippen LogP contribution is -2.24. The molecule has 2 aromatic carbocycles. The minimum Gasteiger partial charge on any atom is -0.361 e. The Labute approximate surface area is 222 Å². The second-order valence-corrected chi connectivity index (χ2v) is 11.9. The molecule has 1 aliphatic rings. The number of benzene rings is 2. The molecule has 186 valence electrons. The number of fused-ring (bicyclic) bond motifs is 3. The van der Waals surface area contributed by atoms with E-state index in [9.17, 15) is 0 Å². The van der Waals surface area contributed by atoms with E-state index < -0.39 is 0 Å². The van der Waals surface area contributed by atoms with Crippen LogP contribution in [-0.4, -0.2) is 28.6 Å². The van der Waals surface area contributed by atoms with E-state index in [-0.39, 0.29) is 5.41 Å². The summed E-state index contributed by atoms with van der Waals surface area (Å²) >= 11 is 1.76. The third-order valence-electron chi connectivity index (χ3n) is 7.38. The average Bonchev–Trinajstić information content (AvgIpc) is 3.46. The lowest BCUT2D eigenvalue weighted by Gasteiger charge is -2.28. The van der Waals surface area contributed by atoms with Gasteiger partial charge in [-0.1, -0.05) is 38.1 Å². The Bertz CT molecular complexity index is 1690. The number of thiophene rings is 1. The molecule has 0 bridgehead atoms. The number of aromatic nitrogens is 2. The van der Waals surface area contributed by atoms with Gasteiger partial charge >= 0.3 is 0 Å². The van der Waals surface area contributed by atoms with E-state index >= 15 is 0 Å². The van der Waals surface area contributed by atoms with Gasteiger partial charge in [0.15, 0.2) is 0 Å². The van der Waals surface area contributed by atoms with Gasteiger partial charge in [0.25, 0.3) is 0 Å². The maximum Gasteiger partial charge on any atom is 0.124 e. The van der Waals surface area contributed by atoms with Crippen molar-refractivity contribution >= 4 is 37.3 Å². The van der Waals surface area contributed by atoms with Crippen LogP contribution in [0.3, 0.4) is 0 Å². The van der Waals surface area contributed by atoms with Crippen molar-refractivity contribution in [2.75, 3.05) is 18.6 Å². The zero-order valence-electron chi connectivity index (χ0n) is 22.3. The van der Waals surface area contributed by atoms with Crippen molar-refractivity contribution in [3.05, 3.63) is 101 Å². The van der Waals surface area contributed by atoms with Crippen LogP contribution in [0.4, 0.5) is 5.69 Å². The lowest BCUT2D eigenvalue weighted by atomic mass is 9.79.